The van der Waals surface area contributed by atoms with Crippen molar-refractivity contribution in [1.82, 2.24) is 40.1 Å². The first-order valence-electron chi connectivity index (χ1n) is 9.46. The van der Waals surface area contributed by atoms with E-state index >= 15 is 0 Å². The highest BCUT2D eigenvalue weighted by atomic mass is 19.1. The van der Waals surface area contributed by atoms with E-state index in [0.29, 0.717) is 33.8 Å². The van der Waals surface area contributed by atoms with Gasteiger partial charge in [-0.25, -0.2) is 24.3 Å². The molecular formula is C22H13FN8. The number of aromatic nitrogens is 8. The lowest BCUT2D eigenvalue weighted by atomic mass is 10.0. The van der Waals surface area contributed by atoms with Gasteiger partial charge in [0.2, 0.25) is 0 Å². The minimum Gasteiger partial charge on any atom is -0.335 e. The van der Waals surface area contributed by atoms with Crippen LogP contribution in [0.15, 0.2) is 67.6 Å². The first-order valence-corrected chi connectivity index (χ1v) is 9.46. The van der Waals surface area contributed by atoms with Crippen LogP contribution in [0, 0.1) is 5.82 Å². The van der Waals surface area contributed by atoms with Crippen LogP contribution in [0.2, 0.25) is 0 Å². The molecule has 0 aliphatic heterocycles. The fourth-order valence-corrected chi connectivity index (χ4v) is 3.67. The molecule has 5 heterocycles. The number of H-pyrrole nitrogens is 2. The van der Waals surface area contributed by atoms with Crippen molar-refractivity contribution in [2.75, 3.05) is 0 Å². The van der Waals surface area contributed by atoms with Crippen molar-refractivity contribution < 1.29 is 4.39 Å². The van der Waals surface area contributed by atoms with Gasteiger partial charge in [-0.3, -0.25) is 10.1 Å². The zero-order valence-corrected chi connectivity index (χ0v) is 15.9. The summed E-state index contributed by atoms with van der Waals surface area (Å²) in [6.45, 7) is 0. The minimum absolute atomic E-state index is 0.385. The Morgan fingerprint density at radius 2 is 1.68 bits per heavy atom. The monoisotopic (exact) mass is 408 g/mol. The molecule has 6 rings (SSSR count). The van der Waals surface area contributed by atoms with Crippen LogP contribution in [0.3, 0.4) is 0 Å². The third-order valence-corrected chi connectivity index (χ3v) is 5.13. The summed E-state index contributed by atoms with van der Waals surface area (Å²) in [5.74, 6) is 0.154. The fraction of sp³-hybridized carbons (Fsp3) is 0. The summed E-state index contributed by atoms with van der Waals surface area (Å²) in [5, 5.41) is 8.00. The van der Waals surface area contributed by atoms with Gasteiger partial charge < -0.3 is 4.98 Å². The number of nitrogens with zero attached hydrogens (tertiary/aromatic N) is 6. The van der Waals surface area contributed by atoms with Crippen molar-refractivity contribution in [2.24, 2.45) is 0 Å². The molecule has 0 aliphatic rings. The van der Waals surface area contributed by atoms with Gasteiger partial charge in [0.1, 0.15) is 17.8 Å². The molecule has 2 N–H and O–H groups in total. The Labute approximate surface area is 174 Å². The molecule has 8 nitrogen and oxygen atoms in total. The topological polar surface area (TPSA) is 109 Å². The lowest BCUT2D eigenvalue weighted by Crippen LogP contribution is -1.88. The van der Waals surface area contributed by atoms with Crippen LogP contribution in [0.5, 0.6) is 0 Å². The molecule has 0 aliphatic carbocycles. The van der Waals surface area contributed by atoms with E-state index < -0.39 is 0 Å². The van der Waals surface area contributed by atoms with Gasteiger partial charge in [-0.15, -0.1) is 0 Å². The van der Waals surface area contributed by atoms with Gasteiger partial charge in [0.25, 0.3) is 0 Å². The van der Waals surface area contributed by atoms with Crippen molar-refractivity contribution in [3.63, 3.8) is 0 Å². The predicted octanol–water partition coefficient (Wildman–Crippen LogP) is 4.16. The fourth-order valence-electron chi connectivity index (χ4n) is 3.67. The summed E-state index contributed by atoms with van der Waals surface area (Å²) in [7, 11) is 0. The maximum Gasteiger partial charge on any atom is 0.178 e. The summed E-state index contributed by atoms with van der Waals surface area (Å²) in [6, 6.07) is 8.92. The van der Waals surface area contributed by atoms with Crippen molar-refractivity contribution >= 4 is 22.1 Å². The third kappa shape index (κ3) is 2.83. The normalized spacial score (nSPS) is 11.4. The molecule has 0 fully saturated rings. The minimum atomic E-state index is -0.385. The molecule has 0 amide bonds. The van der Waals surface area contributed by atoms with Gasteiger partial charge in [-0.05, 0) is 29.8 Å². The van der Waals surface area contributed by atoms with Crippen LogP contribution in [0.1, 0.15) is 0 Å². The van der Waals surface area contributed by atoms with Crippen LogP contribution in [0.4, 0.5) is 4.39 Å². The van der Waals surface area contributed by atoms with Gasteiger partial charge in [0, 0.05) is 59.1 Å². The van der Waals surface area contributed by atoms with Crippen molar-refractivity contribution in [1.29, 1.82) is 0 Å². The molecule has 148 valence electrons. The predicted molar refractivity (Wildman–Crippen MR) is 113 cm³/mol. The quantitative estimate of drug-likeness (QED) is 0.455. The van der Waals surface area contributed by atoms with Crippen molar-refractivity contribution in [3.8, 4) is 33.8 Å². The lowest BCUT2D eigenvalue weighted by Gasteiger charge is -2.03. The van der Waals surface area contributed by atoms with Gasteiger partial charge in [0.15, 0.2) is 11.5 Å². The highest BCUT2D eigenvalue weighted by Crippen LogP contribution is 2.33. The van der Waals surface area contributed by atoms with E-state index in [2.05, 4.69) is 40.1 Å². The Morgan fingerprint density at radius 1 is 0.839 bits per heavy atom. The molecule has 31 heavy (non-hydrogen) atoms. The number of hydrogen-bond acceptors (Lipinski definition) is 6. The molecule has 0 saturated carbocycles. The number of imidazole rings is 1. The van der Waals surface area contributed by atoms with E-state index in [1.807, 2.05) is 18.2 Å². The number of aromatic amines is 2. The summed E-state index contributed by atoms with van der Waals surface area (Å²) in [5.41, 5.74) is 5.43. The van der Waals surface area contributed by atoms with E-state index in [1.165, 1.54) is 12.4 Å². The molecule has 0 saturated heterocycles. The molecular weight excluding hydrogens is 395 g/mol. The average Bonchev–Trinajstić information content (AvgIpc) is 3.43. The SMILES string of the molecule is Fc1cc2[nH]nc(-c3nc4nccc(-c5ccncc5)c4[nH]3)c2cc1-c1cncnc1. The number of halogens is 1. The van der Waals surface area contributed by atoms with E-state index in [1.54, 1.807) is 37.1 Å². The summed E-state index contributed by atoms with van der Waals surface area (Å²) in [6.07, 6.45) is 9.75. The van der Waals surface area contributed by atoms with Crippen LogP contribution in [0.25, 0.3) is 55.8 Å². The Bertz CT molecular complexity index is 1540. The lowest BCUT2D eigenvalue weighted by molar-refractivity contribution is 0.632. The average molecular weight is 408 g/mol. The molecule has 0 unspecified atom stereocenters. The van der Waals surface area contributed by atoms with E-state index in [9.17, 15) is 4.39 Å². The summed E-state index contributed by atoms with van der Waals surface area (Å²) >= 11 is 0. The Morgan fingerprint density at radius 3 is 2.52 bits per heavy atom. The van der Waals surface area contributed by atoms with Crippen LogP contribution >= 0.6 is 0 Å². The maximum atomic E-state index is 14.7. The smallest absolute Gasteiger partial charge is 0.178 e. The first-order chi connectivity index (χ1) is 15.3. The molecule has 6 aromatic rings. The number of hydrogen-bond donors (Lipinski definition) is 2. The van der Waals surface area contributed by atoms with Gasteiger partial charge >= 0.3 is 0 Å². The molecule has 0 atom stereocenters. The zero-order valence-electron chi connectivity index (χ0n) is 15.9. The number of nitrogens with one attached hydrogen (secondary N) is 2. The maximum absolute atomic E-state index is 14.7. The second-order valence-corrected chi connectivity index (χ2v) is 6.96. The van der Waals surface area contributed by atoms with Gasteiger partial charge in [0.05, 0.1) is 11.0 Å². The number of rotatable bonds is 3. The number of pyridine rings is 2. The highest BCUT2D eigenvalue weighted by Gasteiger charge is 2.18. The highest BCUT2D eigenvalue weighted by molar-refractivity contribution is 5.97. The van der Waals surface area contributed by atoms with E-state index in [-0.39, 0.29) is 5.82 Å². The Balaban J connectivity index is 1.54. The first kappa shape index (κ1) is 17.3. The van der Waals surface area contributed by atoms with Crippen LogP contribution < -0.4 is 0 Å². The second kappa shape index (κ2) is 6.77. The van der Waals surface area contributed by atoms with E-state index in [4.69, 9.17) is 0 Å². The third-order valence-electron chi connectivity index (χ3n) is 5.13. The van der Waals surface area contributed by atoms with Crippen LogP contribution in [-0.2, 0) is 0 Å². The number of benzene rings is 1. The molecule has 1 aromatic carbocycles. The number of fused-ring (bicyclic) bond motifs is 2. The van der Waals surface area contributed by atoms with Gasteiger partial charge in [-0.1, -0.05) is 0 Å². The Kier molecular flexibility index (Phi) is 3.79. The Hall–Kier alpha value is -4.53. The molecule has 0 spiro atoms. The molecule has 9 heteroatoms. The summed E-state index contributed by atoms with van der Waals surface area (Å²) in [4.78, 5) is 24.4. The summed E-state index contributed by atoms with van der Waals surface area (Å²) < 4.78 is 14.7. The van der Waals surface area contributed by atoms with E-state index in [0.717, 1.165) is 22.0 Å². The molecule has 5 aromatic heterocycles. The van der Waals surface area contributed by atoms with Crippen LogP contribution in [-0.4, -0.2) is 40.1 Å². The standard InChI is InChI=1S/C22H13FN8/c23-17-8-18-16(7-15(17)13-9-25-11-26-10-13)20(31-30-18)22-28-19-14(3-6-27-21(19)29-22)12-1-4-24-5-2-12/h1-11H,(H,30,31)(H,27,28,29). The zero-order chi connectivity index (χ0) is 20.8. The molecule has 0 radical (unpaired) electrons. The van der Waals surface area contributed by atoms with Crippen molar-refractivity contribution in [2.45, 2.75) is 0 Å². The van der Waals surface area contributed by atoms with Gasteiger partial charge in [-0.2, -0.15) is 5.10 Å². The second-order valence-electron chi connectivity index (χ2n) is 6.96. The molecule has 0 bridgehead atoms. The van der Waals surface area contributed by atoms with Crippen molar-refractivity contribution in [3.05, 3.63) is 73.5 Å². The largest absolute Gasteiger partial charge is 0.335 e.